The maximum Gasteiger partial charge on any atom is 0.320 e. The first-order valence-corrected chi connectivity index (χ1v) is 16.3. The van der Waals surface area contributed by atoms with Crippen molar-refractivity contribution in [2.75, 3.05) is 32.0 Å². The van der Waals surface area contributed by atoms with Gasteiger partial charge in [0.1, 0.15) is 35.8 Å². The Morgan fingerprint density at radius 3 is 2.85 bits per heavy atom. The molecule has 0 unspecified atom stereocenters. The van der Waals surface area contributed by atoms with E-state index in [-0.39, 0.29) is 51.3 Å². The molecule has 3 aliphatic heterocycles. The second-order valence-corrected chi connectivity index (χ2v) is 13.4. The number of benzene rings is 2. The first-order chi connectivity index (χ1) is 22.7. The largest absolute Gasteiger partial charge is 0.471 e. The molecule has 0 radical (unpaired) electrons. The Hall–Kier alpha value is -4.85. The monoisotopic (exact) mass is 655 g/mol. The number of thiophene rings is 1. The highest BCUT2D eigenvalue weighted by Crippen LogP contribution is 2.44. The molecule has 2 aromatic heterocycles. The second kappa shape index (κ2) is 11.7. The molecule has 2 N–H and O–H groups in total. The number of likely N-dealkylation sites (tertiary alicyclic amines) is 1. The molecule has 3 aliphatic rings. The lowest BCUT2D eigenvalue weighted by atomic mass is 9.94. The molecule has 7 rings (SSSR count). The number of anilines is 1. The van der Waals surface area contributed by atoms with E-state index in [4.69, 9.17) is 20.2 Å². The van der Waals surface area contributed by atoms with E-state index in [1.54, 1.807) is 17.0 Å². The number of halogens is 2. The predicted molar refractivity (Wildman–Crippen MR) is 173 cm³/mol. The lowest BCUT2D eigenvalue weighted by Gasteiger charge is -2.30. The summed E-state index contributed by atoms with van der Waals surface area (Å²) in [7, 11) is 0. The van der Waals surface area contributed by atoms with E-state index in [0.29, 0.717) is 53.3 Å². The molecule has 0 bridgehead atoms. The zero-order valence-electron chi connectivity index (χ0n) is 25.6. The molecule has 13 heteroatoms. The minimum atomic E-state index is -0.927. The number of hydrogen-bond acceptors (Lipinski definition) is 10. The highest BCUT2D eigenvalue weighted by atomic mass is 32.1. The summed E-state index contributed by atoms with van der Waals surface area (Å²) in [5.41, 5.74) is 7.28. The van der Waals surface area contributed by atoms with Crippen molar-refractivity contribution in [3.8, 4) is 35.2 Å². The quantitative estimate of drug-likeness (QED) is 0.256. The molecule has 2 aromatic carbocycles. The van der Waals surface area contributed by atoms with Crippen LogP contribution in [-0.4, -0.2) is 75.8 Å². The van der Waals surface area contributed by atoms with E-state index in [9.17, 15) is 24.1 Å². The third kappa shape index (κ3) is 5.11. The normalized spacial score (nSPS) is 23.9. The van der Waals surface area contributed by atoms with E-state index in [1.807, 2.05) is 6.92 Å². The summed E-state index contributed by atoms with van der Waals surface area (Å²) in [6.45, 7) is 7.34. The number of aromatic nitrogens is 2. The number of carbonyl (C=O) groups is 1. The van der Waals surface area contributed by atoms with Crippen molar-refractivity contribution in [2.24, 2.45) is 0 Å². The molecular formula is C34H31F2N7O3S. The summed E-state index contributed by atoms with van der Waals surface area (Å²) < 4.78 is 42.3. The van der Waals surface area contributed by atoms with Crippen LogP contribution in [0.4, 0.5) is 13.8 Å². The molecule has 5 heterocycles. The van der Waals surface area contributed by atoms with Gasteiger partial charge in [-0.2, -0.15) is 20.5 Å². The van der Waals surface area contributed by atoms with E-state index in [0.717, 1.165) is 30.7 Å². The van der Waals surface area contributed by atoms with Crippen molar-refractivity contribution < 1.29 is 23.0 Å². The van der Waals surface area contributed by atoms with Gasteiger partial charge in [0.2, 0.25) is 11.8 Å². The van der Waals surface area contributed by atoms with Crippen LogP contribution in [0.2, 0.25) is 0 Å². The van der Waals surface area contributed by atoms with Gasteiger partial charge >= 0.3 is 6.01 Å². The van der Waals surface area contributed by atoms with Gasteiger partial charge in [-0.15, -0.1) is 11.3 Å². The third-order valence-electron chi connectivity index (χ3n) is 9.76. The van der Waals surface area contributed by atoms with Crippen LogP contribution < -0.4 is 15.2 Å². The Kier molecular flexibility index (Phi) is 7.69. The minimum absolute atomic E-state index is 0.0260. The third-order valence-corrected chi connectivity index (χ3v) is 10.8. The Morgan fingerprint density at radius 1 is 1.26 bits per heavy atom. The van der Waals surface area contributed by atoms with Crippen LogP contribution in [0.25, 0.3) is 32.1 Å². The SMILES string of the molecule is C=CC(=O)N1CC[C@@H](Oc2nc(OC[C@@]34CCCN3C[C@H](F)C4)nc3cc(-c4ccc(F)c5sc(N)c(C#N)c45)c(C#N)cc23)[C@@H]1C. The fraction of sp³-hybridized carbons (Fsp3) is 0.382. The number of alkyl halides is 1. The van der Waals surface area contributed by atoms with Crippen molar-refractivity contribution in [3.63, 3.8) is 0 Å². The molecule has 0 aliphatic carbocycles. The van der Waals surface area contributed by atoms with Gasteiger partial charge in [0.25, 0.3) is 0 Å². The smallest absolute Gasteiger partial charge is 0.320 e. The van der Waals surface area contributed by atoms with Crippen LogP contribution in [0.15, 0.2) is 36.9 Å². The van der Waals surface area contributed by atoms with Crippen molar-refractivity contribution in [1.29, 1.82) is 10.5 Å². The summed E-state index contributed by atoms with van der Waals surface area (Å²) in [4.78, 5) is 25.6. The number of amides is 1. The predicted octanol–water partition coefficient (Wildman–Crippen LogP) is 5.49. The van der Waals surface area contributed by atoms with Gasteiger partial charge in [0.05, 0.1) is 44.4 Å². The lowest BCUT2D eigenvalue weighted by Crippen LogP contribution is -2.43. The molecule has 47 heavy (non-hydrogen) atoms. The van der Waals surface area contributed by atoms with Gasteiger partial charge in [-0.3, -0.25) is 9.69 Å². The number of carbonyl (C=O) groups excluding carboxylic acids is 1. The number of nitrogens with zero attached hydrogens (tertiary/aromatic N) is 6. The fourth-order valence-electron chi connectivity index (χ4n) is 7.41. The fourth-order valence-corrected chi connectivity index (χ4v) is 8.36. The van der Waals surface area contributed by atoms with Crippen LogP contribution in [0, 0.1) is 28.5 Å². The number of rotatable bonds is 7. The zero-order chi connectivity index (χ0) is 33.0. The zero-order valence-corrected chi connectivity index (χ0v) is 26.4. The first kappa shape index (κ1) is 30.8. The van der Waals surface area contributed by atoms with Crippen molar-refractivity contribution >= 4 is 43.2 Å². The average molecular weight is 656 g/mol. The number of ether oxygens (including phenoxy) is 2. The van der Waals surface area contributed by atoms with Gasteiger partial charge in [-0.25, -0.2) is 8.78 Å². The van der Waals surface area contributed by atoms with Gasteiger partial charge in [0.15, 0.2) is 0 Å². The topological polar surface area (TPSA) is 141 Å². The number of nitriles is 2. The van der Waals surface area contributed by atoms with Gasteiger partial charge in [-0.1, -0.05) is 12.6 Å². The first-order valence-electron chi connectivity index (χ1n) is 15.4. The highest BCUT2D eigenvalue weighted by Gasteiger charge is 2.49. The van der Waals surface area contributed by atoms with E-state index in [1.165, 1.54) is 18.2 Å². The lowest BCUT2D eigenvalue weighted by molar-refractivity contribution is -0.127. The minimum Gasteiger partial charge on any atom is -0.471 e. The van der Waals surface area contributed by atoms with Gasteiger partial charge in [0, 0.05) is 36.9 Å². The summed E-state index contributed by atoms with van der Waals surface area (Å²) in [6.07, 6.45) is 2.61. The molecule has 3 fully saturated rings. The molecule has 4 atom stereocenters. The van der Waals surface area contributed by atoms with Crippen molar-refractivity contribution in [1.82, 2.24) is 19.8 Å². The maximum absolute atomic E-state index is 14.9. The number of hydrogen-bond donors (Lipinski definition) is 1. The second-order valence-electron chi connectivity index (χ2n) is 12.4. The maximum atomic E-state index is 14.9. The molecule has 0 saturated carbocycles. The van der Waals surface area contributed by atoms with Crippen LogP contribution in [0.3, 0.4) is 0 Å². The standard InChI is InChI=1S/C34H31F2N7O3S/c1-3-28(44)43-10-7-27(18(43)2)46-32-23-11-19(14-37)22(21-5-6-25(36)30-29(21)24(15-38)31(39)47-30)12-26(23)40-33(41-32)45-17-34-8-4-9-42(34)16-20(35)13-34/h3,5-6,11-12,18,20,27H,1,4,7-10,13,16-17,39H2,2H3/t18-,20+,27+,34-/m0/s1. The van der Waals surface area contributed by atoms with Crippen LogP contribution in [0.1, 0.15) is 43.7 Å². The number of fused-ring (bicyclic) bond motifs is 3. The molecule has 1 amide bonds. The summed E-state index contributed by atoms with van der Waals surface area (Å²) in [6, 6.07) is 10.1. The average Bonchev–Trinajstić information content (AvgIpc) is 3.80. The number of nitrogen functional groups attached to an aromatic ring is 1. The highest BCUT2D eigenvalue weighted by molar-refractivity contribution is 7.23. The van der Waals surface area contributed by atoms with Crippen LogP contribution >= 0.6 is 11.3 Å². The molecular weight excluding hydrogens is 624 g/mol. The van der Waals surface area contributed by atoms with E-state index in [2.05, 4.69) is 28.6 Å². The van der Waals surface area contributed by atoms with Gasteiger partial charge < -0.3 is 20.1 Å². The van der Waals surface area contributed by atoms with Crippen molar-refractivity contribution in [3.05, 3.63) is 53.9 Å². The molecule has 240 valence electrons. The van der Waals surface area contributed by atoms with E-state index < -0.39 is 23.6 Å². The van der Waals surface area contributed by atoms with Crippen LogP contribution in [0.5, 0.6) is 11.9 Å². The van der Waals surface area contributed by atoms with Crippen LogP contribution in [-0.2, 0) is 4.79 Å². The summed E-state index contributed by atoms with van der Waals surface area (Å²) >= 11 is 0.975. The molecule has 10 nitrogen and oxygen atoms in total. The molecule has 3 saturated heterocycles. The Balaban J connectivity index is 1.35. The Morgan fingerprint density at radius 2 is 2.09 bits per heavy atom. The molecule has 4 aromatic rings. The molecule has 0 spiro atoms. The summed E-state index contributed by atoms with van der Waals surface area (Å²) in [5, 5.41) is 21.1. The van der Waals surface area contributed by atoms with Gasteiger partial charge in [-0.05, 0) is 56.1 Å². The Labute approximate surface area is 273 Å². The number of nitrogens with two attached hydrogens (primary N) is 1. The summed E-state index contributed by atoms with van der Waals surface area (Å²) in [5.74, 6) is -0.543. The van der Waals surface area contributed by atoms with E-state index >= 15 is 0 Å². The Bertz CT molecular complexity index is 2040. The van der Waals surface area contributed by atoms with Crippen molar-refractivity contribution in [2.45, 2.75) is 56.5 Å².